The minimum atomic E-state index is 0. The number of halogens is 1. The van der Waals surface area contributed by atoms with Crippen LogP contribution in [0.2, 0.25) is 0 Å². The standard InChI is InChI=1S/C18H24N4O3S.ClH/c1-13-20-16(25-21-13)10-24-11-17(23)22(9-14-2-7-26-12-14)15-8-18(15)3-5-19-6-4-18;/h2,7,12,15,19H,3-6,8-11H2,1H3;1H. The number of nitrogens with zero attached hydrogens (tertiary/aromatic N) is 3. The van der Waals surface area contributed by atoms with Gasteiger partial charge in [0, 0.05) is 12.6 Å². The van der Waals surface area contributed by atoms with Crippen LogP contribution in [0.3, 0.4) is 0 Å². The number of carbonyl (C=O) groups is 1. The van der Waals surface area contributed by atoms with Crippen LogP contribution in [0.25, 0.3) is 0 Å². The normalized spacial score (nSPS) is 20.3. The van der Waals surface area contributed by atoms with Crippen LogP contribution >= 0.6 is 23.7 Å². The number of aromatic nitrogens is 2. The number of rotatable bonds is 7. The van der Waals surface area contributed by atoms with Crippen LogP contribution in [0.5, 0.6) is 0 Å². The SMILES string of the molecule is Cc1noc(COCC(=O)N(Cc2ccsc2)C2CC23CCNCC3)n1.Cl. The van der Waals surface area contributed by atoms with E-state index < -0.39 is 0 Å². The van der Waals surface area contributed by atoms with Crippen LogP contribution in [0.15, 0.2) is 21.3 Å². The predicted molar refractivity (Wildman–Crippen MR) is 104 cm³/mol. The van der Waals surface area contributed by atoms with Crippen LogP contribution in [0, 0.1) is 12.3 Å². The molecule has 2 aromatic heterocycles. The second-order valence-corrected chi connectivity index (χ2v) is 7.99. The van der Waals surface area contributed by atoms with Gasteiger partial charge in [-0.15, -0.1) is 12.4 Å². The largest absolute Gasteiger partial charge is 0.362 e. The van der Waals surface area contributed by atoms with Crippen molar-refractivity contribution in [2.75, 3.05) is 19.7 Å². The molecular formula is C18H25ClN4O3S. The maximum Gasteiger partial charge on any atom is 0.252 e. The zero-order chi connectivity index (χ0) is 18.0. The van der Waals surface area contributed by atoms with E-state index in [1.807, 2.05) is 4.90 Å². The lowest BCUT2D eigenvalue weighted by Gasteiger charge is -2.29. The summed E-state index contributed by atoms with van der Waals surface area (Å²) in [5, 5.41) is 11.3. The molecule has 1 saturated heterocycles. The number of piperidine rings is 1. The molecule has 27 heavy (non-hydrogen) atoms. The first-order chi connectivity index (χ1) is 12.7. The lowest BCUT2D eigenvalue weighted by Crippen LogP contribution is -2.40. The molecule has 148 valence electrons. The van der Waals surface area contributed by atoms with Crippen LogP contribution in [0.1, 0.15) is 36.5 Å². The minimum absolute atomic E-state index is 0. The number of hydrogen-bond donors (Lipinski definition) is 1. The number of thiophene rings is 1. The third kappa shape index (κ3) is 4.68. The smallest absolute Gasteiger partial charge is 0.252 e. The number of amides is 1. The zero-order valence-corrected chi connectivity index (χ0v) is 17.0. The molecule has 1 unspecified atom stereocenters. The van der Waals surface area contributed by atoms with Crippen molar-refractivity contribution in [2.24, 2.45) is 5.41 Å². The highest BCUT2D eigenvalue weighted by molar-refractivity contribution is 7.07. The quantitative estimate of drug-likeness (QED) is 0.752. The van der Waals surface area contributed by atoms with Gasteiger partial charge in [0.15, 0.2) is 5.82 Å². The van der Waals surface area contributed by atoms with Crippen LogP contribution in [-0.2, 0) is 22.7 Å². The van der Waals surface area contributed by atoms with E-state index in [0.29, 0.717) is 29.7 Å². The molecule has 1 saturated carbocycles. The van der Waals surface area contributed by atoms with Gasteiger partial charge >= 0.3 is 0 Å². The van der Waals surface area contributed by atoms with E-state index >= 15 is 0 Å². The van der Waals surface area contributed by atoms with Gasteiger partial charge in [0.25, 0.3) is 5.89 Å². The van der Waals surface area contributed by atoms with Crippen molar-refractivity contribution in [3.05, 3.63) is 34.1 Å². The number of carbonyl (C=O) groups excluding carboxylic acids is 1. The highest BCUT2D eigenvalue weighted by atomic mass is 35.5. The summed E-state index contributed by atoms with van der Waals surface area (Å²) in [6, 6.07) is 2.41. The molecule has 0 aromatic carbocycles. The van der Waals surface area contributed by atoms with Crippen molar-refractivity contribution in [1.29, 1.82) is 0 Å². The molecule has 4 rings (SSSR count). The highest BCUT2D eigenvalue weighted by Gasteiger charge is 2.57. The Bertz CT molecular complexity index is 746. The highest BCUT2D eigenvalue weighted by Crippen LogP contribution is 2.56. The van der Waals surface area contributed by atoms with E-state index in [0.717, 1.165) is 32.4 Å². The molecule has 2 aromatic rings. The van der Waals surface area contributed by atoms with E-state index in [1.54, 1.807) is 18.3 Å². The second-order valence-electron chi connectivity index (χ2n) is 7.21. The molecule has 2 fully saturated rings. The summed E-state index contributed by atoms with van der Waals surface area (Å²) in [4.78, 5) is 19.0. The van der Waals surface area contributed by atoms with Gasteiger partial charge in [-0.2, -0.15) is 16.3 Å². The lowest BCUT2D eigenvalue weighted by atomic mass is 9.93. The molecule has 9 heteroatoms. The Labute approximate surface area is 168 Å². The number of hydrogen-bond acceptors (Lipinski definition) is 7. The average Bonchev–Trinajstić information content (AvgIpc) is 3.01. The van der Waals surface area contributed by atoms with Crippen LogP contribution < -0.4 is 5.32 Å². The van der Waals surface area contributed by atoms with Gasteiger partial charge in [0.1, 0.15) is 13.2 Å². The van der Waals surface area contributed by atoms with E-state index in [2.05, 4.69) is 32.3 Å². The summed E-state index contributed by atoms with van der Waals surface area (Å²) in [5.74, 6) is 1.01. The molecule has 1 aliphatic carbocycles. The molecule has 1 atom stereocenters. The third-order valence-electron chi connectivity index (χ3n) is 5.40. The Hall–Kier alpha value is -1.48. The van der Waals surface area contributed by atoms with Gasteiger partial charge in [0.2, 0.25) is 5.91 Å². The summed E-state index contributed by atoms with van der Waals surface area (Å²) < 4.78 is 10.6. The summed E-state index contributed by atoms with van der Waals surface area (Å²) in [6.07, 6.45) is 3.40. The fourth-order valence-electron chi connectivity index (χ4n) is 3.89. The van der Waals surface area contributed by atoms with Crippen molar-refractivity contribution in [3.8, 4) is 0 Å². The van der Waals surface area contributed by atoms with E-state index in [-0.39, 0.29) is 31.5 Å². The molecule has 7 nitrogen and oxygen atoms in total. The summed E-state index contributed by atoms with van der Waals surface area (Å²) in [6.45, 7) is 4.71. The van der Waals surface area contributed by atoms with Crippen molar-refractivity contribution in [2.45, 2.75) is 45.4 Å². The second kappa shape index (κ2) is 8.68. The topological polar surface area (TPSA) is 80.5 Å². The van der Waals surface area contributed by atoms with Gasteiger partial charge in [-0.1, -0.05) is 5.16 Å². The molecule has 1 N–H and O–H groups in total. The first-order valence-corrected chi connectivity index (χ1v) is 9.99. The zero-order valence-electron chi connectivity index (χ0n) is 15.3. The van der Waals surface area contributed by atoms with E-state index in [4.69, 9.17) is 9.26 Å². The first-order valence-electron chi connectivity index (χ1n) is 9.04. The van der Waals surface area contributed by atoms with Crippen molar-refractivity contribution in [1.82, 2.24) is 20.4 Å². The van der Waals surface area contributed by atoms with Gasteiger partial charge in [-0.3, -0.25) is 4.79 Å². The molecule has 0 bridgehead atoms. The molecule has 0 radical (unpaired) electrons. The summed E-state index contributed by atoms with van der Waals surface area (Å²) in [5.41, 5.74) is 1.49. The fraction of sp³-hybridized carbons (Fsp3) is 0.611. The first kappa shape index (κ1) is 20.3. The molecule has 2 aliphatic rings. The van der Waals surface area contributed by atoms with Gasteiger partial charge in [-0.25, -0.2) is 0 Å². The maximum atomic E-state index is 12.9. The van der Waals surface area contributed by atoms with Gasteiger partial charge < -0.3 is 19.5 Å². The van der Waals surface area contributed by atoms with Crippen LogP contribution in [-0.4, -0.2) is 46.7 Å². The molecule has 1 aliphatic heterocycles. The molecule has 1 spiro atoms. The number of aryl methyl sites for hydroxylation is 1. The molecular weight excluding hydrogens is 388 g/mol. The Kier molecular flexibility index (Phi) is 6.52. The van der Waals surface area contributed by atoms with Crippen LogP contribution in [0.4, 0.5) is 0 Å². The molecule has 1 amide bonds. The monoisotopic (exact) mass is 412 g/mol. The van der Waals surface area contributed by atoms with Crippen molar-refractivity contribution in [3.63, 3.8) is 0 Å². The number of ether oxygens (including phenoxy) is 1. The summed E-state index contributed by atoms with van der Waals surface area (Å²) in [7, 11) is 0. The molecule has 3 heterocycles. The predicted octanol–water partition coefficient (Wildman–Crippen LogP) is 2.55. The minimum Gasteiger partial charge on any atom is -0.362 e. The van der Waals surface area contributed by atoms with Crippen molar-refractivity contribution < 1.29 is 14.1 Å². The number of nitrogens with one attached hydrogen (secondary N) is 1. The Morgan fingerprint density at radius 2 is 2.30 bits per heavy atom. The Balaban J connectivity index is 0.00000210. The van der Waals surface area contributed by atoms with E-state index in [1.165, 1.54) is 5.56 Å². The lowest BCUT2D eigenvalue weighted by molar-refractivity contribution is -0.138. The summed E-state index contributed by atoms with van der Waals surface area (Å²) >= 11 is 1.66. The Morgan fingerprint density at radius 1 is 1.48 bits per heavy atom. The van der Waals surface area contributed by atoms with E-state index in [9.17, 15) is 4.79 Å². The third-order valence-corrected chi connectivity index (χ3v) is 6.13. The van der Waals surface area contributed by atoms with Gasteiger partial charge in [-0.05, 0) is 67.1 Å². The van der Waals surface area contributed by atoms with Crippen molar-refractivity contribution >= 4 is 29.7 Å². The van der Waals surface area contributed by atoms with Gasteiger partial charge in [0.05, 0.1) is 0 Å². The average molecular weight is 413 g/mol. The Morgan fingerprint density at radius 3 is 2.96 bits per heavy atom. The fourth-order valence-corrected chi connectivity index (χ4v) is 4.55. The maximum absolute atomic E-state index is 12.9.